The van der Waals surface area contributed by atoms with Crippen LogP contribution in [0.25, 0.3) is 0 Å². The lowest BCUT2D eigenvalue weighted by Crippen LogP contribution is -2.40. The number of methoxy groups -OCH3 is 1. The molecule has 6 heteroatoms. The molecule has 90 valence electrons. The molecule has 16 heavy (non-hydrogen) atoms. The second kappa shape index (κ2) is 6.80. The minimum absolute atomic E-state index is 0.242. The first-order valence-corrected chi connectivity index (χ1v) is 4.80. The Balaban J connectivity index is 3.91. The Hall–Kier alpha value is -1.61. The highest BCUT2D eigenvalue weighted by molar-refractivity contribution is 5.80. The molecule has 0 bridgehead atoms. The molecule has 0 aromatic rings. The number of rotatable bonds is 6. The van der Waals surface area contributed by atoms with Gasteiger partial charge in [0.1, 0.15) is 6.61 Å². The van der Waals surface area contributed by atoms with Gasteiger partial charge in [-0.25, -0.2) is 4.79 Å². The maximum Gasteiger partial charge on any atom is 0.337 e. The third kappa shape index (κ3) is 5.32. The molecule has 0 radical (unpaired) electrons. The third-order valence-electron chi connectivity index (χ3n) is 1.80. The van der Waals surface area contributed by atoms with Crippen molar-refractivity contribution in [1.82, 2.24) is 5.32 Å². The van der Waals surface area contributed by atoms with Crippen LogP contribution in [0.1, 0.15) is 20.3 Å². The van der Waals surface area contributed by atoms with Crippen LogP contribution in [-0.2, 0) is 19.1 Å². The topological polar surface area (TPSA) is 88.4 Å². The number of amides is 1. The van der Waals surface area contributed by atoms with Crippen LogP contribution in [-0.4, -0.2) is 37.7 Å². The van der Waals surface area contributed by atoms with Gasteiger partial charge < -0.3 is 14.8 Å². The van der Waals surface area contributed by atoms with Gasteiger partial charge in [0, 0.05) is 6.54 Å². The molecule has 0 aromatic heterocycles. The molecular weight excluding hydrogens is 212 g/mol. The maximum atomic E-state index is 11.2. The van der Waals surface area contributed by atoms with Crippen LogP contribution in [0.15, 0.2) is 0 Å². The van der Waals surface area contributed by atoms with Crippen molar-refractivity contribution < 1.29 is 19.1 Å². The number of ether oxygens (including phenoxy) is 2. The average molecular weight is 228 g/mol. The lowest BCUT2D eigenvalue weighted by Gasteiger charge is -2.21. The molecular formula is C10H16N2O4. The lowest BCUT2D eigenvalue weighted by molar-refractivity contribution is -0.166. The predicted octanol–water partition coefficient (Wildman–Crippen LogP) is -0.0155. The largest absolute Gasteiger partial charge is 0.467 e. The average Bonchev–Trinajstić information content (AvgIpc) is 2.25. The lowest BCUT2D eigenvalue weighted by atomic mass is 10.1. The molecule has 0 fully saturated rings. The number of nitriles is 1. The molecule has 0 atom stereocenters. The minimum atomic E-state index is -1.15. The zero-order valence-corrected chi connectivity index (χ0v) is 9.70. The highest BCUT2D eigenvalue weighted by Crippen LogP contribution is 2.10. The van der Waals surface area contributed by atoms with Crippen molar-refractivity contribution in [3.05, 3.63) is 0 Å². The number of carbonyl (C=O) groups excluding carboxylic acids is 2. The van der Waals surface area contributed by atoms with Crippen LogP contribution >= 0.6 is 0 Å². The Morgan fingerprint density at radius 2 is 2.06 bits per heavy atom. The Bertz CT molecular complexity index is 294. The first kappa shape index (κ1) is 14.4. The van der Waals surface area contributed by atoms with Gasteiger partial charge in [-0.1, -0.05) is 0 Å². The molecule has 0 aliphatic rings. The number of carbonyl (C=O) groups is 2. The van der Waals surface area contributed by atoms with Gasteiger partial charge in [0.2, 0.25) is 5.91 Å². The Morgan fingerprint density at radius 1 is 1.44 bits per heavy atom. The van der Waals surface area contributed by atoms with Crippen molar-refractivity contribution in [2.45, 2.75) is 25.9 Å². The molecule has 0 saturated carbocycles. The van der Waals surface area contributed by atoms with E-state index in [4.69, 9.17) is 10.00 Å². The highest BCUT2D eigenvalue weighted by atomic mass is 16.6. The molecule has 0 spiro atoms. The summed E-state index contributed by atoms with van der Waals surface area (Å²) in [4.78, 5) is 22.4. The van der Waals surface area contributed by atoms with Gasteiger partial charge in [0.15, 0.2) is 5.60 Å². The first-order chi connectivity index (χ1) is 7.44. The smallest absolute Gasteiger partial charge is 0.337 e. The maximum absolute atomic E-state index is 11.2. The van der Waals surface area contributed by atoms with Crippen LogP contribution in [0.3, 0.4) is 0 Å². The van der Waals surface area contributed by atoms with E-state index in [1.165, 1.54) is 21.0 Å². The second-order valence-corrected chi connectivity index (χ2v) is 3.55. The molecule has 1 N–H and O–H groups in total. The summed E-state index contributed by atoms with van der Waals surface area (Å²) in [5.41, 5.74) is -1.15. The van der Waals surface area contributed by atoms with E-state index in [1.807, 2.05) is 6.07 Å². The molecule has 0 saturated heterocycles. The molecule has 0 rings (SSSR count). The van der Waals surface area contributed by atoms with E-state index in [9.17, 15) is 9.59 Å². The molecule has 0 aliphatic carbocycles. The van der Waals surface area contributed by atoms with E-state index in [2.05, 4.69) is 10.1 Å². The van der Waals surface area contributed by atoms with E-state index in [1.54, 1.807) is 0 Å². The monoisotopic (exact) mass is 228 g/mol. The fraction of sp³-hybridized carbons (Fsp3) is 0.700. The number of hydrogen-bond acceptors (Lipinski definition) is 5. The number of nitrogens with one attached hydrogen (secondary N) is 1. The van der Waals surface area contributed by atoms with Gasteiger partial charge in [-0.05, 0) is 13.8 Å². The number of nitrogens with zero attached hydrogens (tertiary/aromatic N) is 1. The number of esters is 1. The van der Waals surface area contributed by atoms with Gasteiger partial charge >= 0.3 is 5.97 Å². The molecule has 0 unspecified atom stereocenters. The summed E-state index contributed by atoms with van der Waals surface area (Å²) in [6.07, 6.45) is 0.242. The molecule has 0 aliphatic heterocycles. The molecule has 0 aromatic carbocycles. The molecule has 6 nitrogen and oxygen atoms in total. The van der Waals surface area contributed by atoms with Gasteiger partial charge in [-0.15, -0.1) is 0 Å². The summed E-state index contributed by atoms with van der Waals surface area (Å²) in [6.45, 7) is 3.06. The second-order valence-electron chi connectivity index (χ2n) is 3.55. The van der Waals surface area contributed by atoms with Crippen molar-refractivity contribution >= 4 is 11.9 Å². The first-order valence-electron chi connectivity index (χ1n) is 4.80. The quantitative estimate of drug-likeness (QED) is 0.510. The molecule has 1 amide bonds. The predicted molar refractivity (Wildman–Crippen MR) is 55.3 cm³/mol. The van der Waals surface area contributed by atoms with Gasteiger partial charge in [0.25, 0.3) is 0 Å². The van der Waals surface area contributed by atoms with Gasteiger partial charge in [-0.3, -0.25) is 4.79 Å². The van der Waals surface area contributed by atoms with Crippen LogP contribution in [0.2, 0.25) is 0 Å². The van der Waals surface area contributed by atoms with E-state index >= 15 is 0 Å². The van der Waals surface area contributed by atoms with Gasteiger partial charge in [0.05, 0.1) is 19.6 Å². The van der Waals surface area contributed by atoms with E-state index in [-0.39, 0.29) is 25.5 Å². The normalized spacial score (nSPS) is 10.4. The van der Waals surface area contributed by atoms with E-state index in [0.29, 0.717) is 0 Å². The Morgan fingerprint density at radius 3 is 2.56 bits per heavy atom. The summed E-state index contributed by atoms with van der Waals surface area (Å²) in [5.74, 6) is -0.912. The van der Waals surface area contributed by atoms with E-state index < -0.39 is 11.6 Å². The van der Waals surface area contributed by atoms with Gasteiger partial charge in [-0.2, -0.15) is 5.26 Å². The summed E-state index contributed by atoms with van der Waals surface area (Å²) in [6, 6.07) is 1.89. The van der Waals surface area contributed by atoms with Crippen molar-refractivity contribution in [3.8, 4) is 6.07 Å². The van der Waals surface area contributed by atoms with Crippen molar-refractivity contribution in [1.29, 1.82) is 5.26 Å². The fourth-order valence-electron chi connectivity index (χ4n) is 0.860. The minimum Gasteiger partial charge on any atom is -0.467 e. The fourth-order valence-corrected chi connectivity index (χ4v) is 0.860. The van der Waals surface area contributed by atoms with Crippen molar-refractivity contribution in [3.63, 3.8) is 0 Å². The van der Waals surface area contributed by atoms with Crippen LogP contribution < -0.4 is 5.32 Å². The summed E-state index contributed by atoms with van der Waals surface area (Å²) >= 11 is 0. The summed E-state index contributed by atoms with van der Waals surface area (Å²) in [5, 5.41) is 10.7. The SMILES string of the molecule is COC(=O)C(C)(C)OCC(=O)NCCC#N. The number of hydrogen-bond donors (Lipinski definition) is 1. The van der Waals surface area contributed by atoms with Crippen molar-refractivity contribution in [2.75, 3.05) is 20.3 Å². The highest BCUT2D eigenvalue weighted by Gasteiger charge is 2.30. The van der Waals surface area contributed by atoms with Crippen LogP contribution in [0.5, 0.6) is 0 Å². The van der Waals surface area contributed by atoms with E-state index in [0.717, 1.165) is 0 Å². The third-order valence-corrected chi connectivity index (χ3v) is 1.80. The Kier molecular flexibility index (Phi) is 6.11. The summed E-state index contributed by atoms with van der Waals surface area (Å²) < 4.78 is 9.61. The summed E-state index contributed by atoms with van der Waals surface area (Å²) in [7, 11) is 1.25. The zero-order valence-electron chi connectivity index (χ0n) is 9.70. The van der Waals surface area contributed by atoms with Crippen LogP contribution in [0, 0.1) is 11.3 Å². The standard InChI is InChI=1S/C10H16N2O4/c1-10(2,9(14)15-3)16-7-8(13)12-6-4-5-11/h4,6-7H2,1-3H3,(H,12,13). The molecule has 0 heterocycles. The Labute approximate surface area is 94.5 Å². The van der Waals surface area contributed by atoms with Crippen molar-refractivity contribution in [2.24, 2.45) is 0 Å². The zero-order chi connectivity index (χ0) is 12.6. The van der Waals surface area contributed by atoms with Crippen LogP contribution in [0.4, 0.5) is 0 Å².